The second kappa shape index (κ2) is 6.71. The zero-order valence-electron chi connectivity index (χ0n) is 13.9. The summed E-state index contributed by atoms with van der Waals surface area (Å²) in [5.41, 5.74) is 3.38. The summed E-state index contributed by atoms with van der Waals surface area (Å²) >= 11 is 0. The molecule has 0 aliphatic heterocycles. The van der Waals surface area contributed by atoms with Crippen LogP contribution >= 0.6 is 0 Å². The van der Waals surface area contributed by atoms with E-state index in [0.29, 0.717) is 18.5 Å². The molecule has 3 rings (SSSR count). The molecule has 0 aliphatic rings. The van der Waals surface area contributed by atoms with E-state index < -0.39 is 11.7 Å². The number of aryl methyl sites for hydroxylation is 1. The molecule has 0 atom stereocenters. The summed E-state index contributed by atoms with van der Waals surface area (Å²) in [6, 6.07) is 17.5. The van der Waals surface area contributed by atoms with Crippen LogP contribution in [0.25, 0.3) is 10.9 Å². The Hall–Kier alpha value is -2.88. The van der Waals surface area contributed by atoms with Crippen molar-refractivity contribution >= 4 is 22.6 Å². The number of Topliss-reactive ketones (excluding diaryl/α,β-unsaturated/α-hetero) is 1. The van der Waals surface area contributed by atoms with Gasteiger partial charge in [0.05, 0.1) is 5.56 Å². The van der Waals surface area contributed by atoms with Gasteiger partial charge >= 0.3 is 0 Å². The minimum Gasteiger partial charge on any atom is -0.349 e. The monoisotopic (exact) mass is 320 g/mol. The molecule has 3 aromatic rings. The Balaban J connectivity index is 1.75. The van der Waals surface area contributed by atoms with Crippen molar-refractivity contribution in [2.45, 2.75) is 13.3 Å². The number of nitrogens with zero attached hydrogens (tertiary/aromatic N) is 1. The summed E-state index contributed by atoms with van der Waals surface area (Å²) in [4.78, 5) is 24.9. The molecule has 1 aromatic heterocycles. The Morgan fingerprint density at radius 3 is 2.42 bits per heavy atom. The average Bonchev–Trinajstić information content (AvgIpc) is 2.86. The topological polar surface area (TPSA) is 51.1 Å². The van der Waals surface area contributed by atoms with Gasteiger partial charge in [0.2, 0.25) is 0 Å². The average molecular weight is 320 g/mol. The number of ketones is 1. The highest BCUT2D eigenvalue weighted by molar-refractivity contribution is 6.45. The molecule has 1 heterocycles. The molecule has 0 unspecified atom stereocenters. The third-order valence-electron chi connectivity index (χ3n) is 4.38. The van der Waals surface area contributed by atoms with Crippen molar-refractivity contribution in [3.63, 3.8) is 0 Å². The van der Waals surface area contributed by atoms with Crippen LogP contribution in [0.3, 0.4) is 0 Å². The van der Waals surface area contributed by atoms with E-state index in [9.17, 15) is 9.59 Å². The lowest BCUT2D eigenvalue weighted by molar-refractivity contribution is -0.116. The van der Waals surface area contributed by atoms with E-state index >= 15 is 0 Å². The fourth-order valence-corrected chi connectivity index (χ4v) is 2.97. The van der Waals surface area contributed by atoms with E-state index in [1.165, 1.54) is 0 Å². The maximum atomic E-state index is 12.6. The summed E-state index contributed by atoms with van der Waals surface area (Å²) in [5.74, 6) is -1.03. The number of nitrogens with one attached hydrogen (secondary N) is 1. The molecule has 1 N–H and O–H groups in total. The van der Waals surface area contributed by atoms with E-state index in [-0.39, 0.29) is 0 Å². The molecular weight excluding hydrogens is 300 g/mol. The van der Waals surface area contributed by atoms with Crippen LogP contribution in [-0.2, 0) is 18.3 Å². The molecule has 0 radical (unpaired) electrons. The van der Waals surface area contributed by atoms with Crippen molar-refractivity contribution < 1.29 is 9.59 Å². The summed E-state index contributed by atoms with van der Waals surface area (Å²) in [5, 5.41) is 3.55. The Labute approximate surface area is 141 Å². The third-order valence-corrected chi connectivity index (χ3v) is 4.38. The zero-order valence-corrected chi connectivity index (χ0v) is 13.9. The highest BCUT2D eigenvalue weighted by Crippen LogP contribution is 2.25. The second-order valence-electron chi connectivity index (χ2n) is 5.86. The van der Waals surface area contributed by atoms with Crippen LogP contribution < -0.4 is 5.32 Å². The lowest BCUT2D eigenvalue weighted by atomic mass is 10.1. The van der Waals surface area contributed by atoms with Crippen molar-refractivity contribution in [2.24, 2.45) is 7.05 Å². The fraction of sp³-hybridized carbons (Fsp3) is 0.200. The van der Waals surface area contributed by atoms with Gasteiger partial charge in [-0.25, -0.2) is 0 Å². The van der Waals surface area contributed by atoms with Gasteiger partial charge in [-0.3, -0.25) is 9.59 Å². The third kappa shape index (κ3) is 2.95. The number of carbonyl (C=O) groups is 2. The van der Waals surface area contributed by atoms with Gasteiger partial charge < -0.3 is 9.88 Å². The van der Waals surface area contributed by atoms with Crippen molar-refractivity contribution in [2.75, 3.05) is 6.54 Å². The van der Waals surface area contributed by atoms with Gasteiger partial charge in [-0.05, 0) is 25.0 Å². The molecule has 0 bridgehead atoms. The smallest absolute Gasteiger partial charge is 0.292 e. The van der Waals surface area contributed by atoms with Gasteiger partial charge in [-0.2, -0.15) is 0 Å². The first-order valence-corrected chi connectivity index (χ1v) is 8.00. The van der Waals surface area contributed by atoms with Crippen LogP contribution in [0.2, 0.25) is 0 Å². The Morgan fingerprint density at radius 2 is 1.67 bits per heavy atom. The SMILES string of the molecule is Cc1c(C(=O)C(=O)NCCc2ccccc2)c2ccccc2n1C. The van der Waals surface area contributed by atoms with Crippen LogP contribution in [0.4, 0.5) is 0 Å². The highest BCUT2D eigenvalue weighted by atomic mass is 16.2. The normalized spacial score (nSPS) is 10.8. The van der Waals surface area contributed by atoms with Gasteiger partial charge in [-0.1, -0.05) is 48.5 Å². The Morgan fingerprint density at radius 1 is 1.00 bits per heavy atom. The standard InChI is InChI=1S/C20H20N2O2/c1-14-18(16-10-6-7-11-17(16)22(14)2)19(23)20(24)21-13-12-15-8-4-3-5-9-15/h3-11H,12-13H2,1-2H3,(H,21,24). The molecule has 0 saturated carbocycles. The van der Waals surface area contributed by atoms with E-state index in [1.54, 1.807) is 0 Å². The number of benzene rings is 2. The number of fused-ring (bicyclic) bond motifs is 1. The maximum Gasteiger partial charge on any atom is 0.292 e. The quantitative estimate of drug-likeness (QED) is 0.580. The number of aromatic nitrogens is 1. The highest BCUT2D eigenvalue weighted by Gasteiger charge is 2.23. The summed E-state index contributed by atoms with van der Waals surface area (Å²) in [6.45, 7) is 2.31. The summed E-state index contributed by atoms with van der Waals surface area (Å²) in [6.07, 6.45) is 0.703. The predicted molar refractivity (Wildman–Crippen MR) is 95.1 cm³/mol. The van der Waals surface area contributed by atoms with Crippen LogP contribution in [0.1, 0.15) is 21.6 Å². The van der Waals surface area contributed by atoms with Crippen molar-refractivity contribution in [1.82, 2.24) is 9.88 Å². The van der Waals surface area contributed by atoms with Crippen molar-refractivity contribution in [3.05, 3.63) is 71.4 Å². The molecule has 0 saturated heterocycles. The molecule has 0 aliphatic carbocycles. The molecule has 4 heteroatoms. The zero-order chi connectivity index (χ0) is 17.1. The first-order chi connectivity index (χ1) is 11.6. The summed E-state index contributed by atoms with van der Waals surface area (Å²) < 4.78 is 1.94. The lowest BCUT2D eigenvalue weighted by Crippen LogP contribution is -2.32. The number of hydrogen-bond acceptors (Lipinski definition) is 2. The van der Waals surface area contributed by atoms with Crippen LogP contribution in [0.5, 0.6) is 0 Å². The number of para-hydroxylation sites is 1. The minimum atomic E-state index is -0.551. The van der Waals surface area contributed by atoms with E-state index in [2.05, 4.69) is 5.32 Å². The molecule has 0 fully saturated rings. The fourth-order valence-electron chi connectivity index (χ4n) is 2.97. The Kier molecular flexibility index (Phi) is 4.47. The number of hydrogen-bond donors (Lipinski definition) is 1. The van der Waals surface area contributed by atoms with Crippen LogP contribution in [-0.4, -0.2) is 22.8 Å². The van der Waals surface area contributed by atoms with Crippen molar-refractivity contribution in [1.29, 1.82) is 0 Å². The predicted octanol–water partition coefficient (Wildman–Crippen LogP) is 3.03. The van der Waals surface area contributed by atoms with Gasteiger partial charge in [0.25, 0.3) is 11.7 Å². The molecule has 2 aromatic carbocycles. The summed E-state index contributed by atoms with van der Waals surface area (Å²) in [7, 11) is 1.90. The number of carbonyl (C=O) groups excluding carboxylic acids is 2. The molecule has 24 heavy (non-hydrogen) atoms. The van der Waals surface area contributed by atoms with Crippen molar-refractivity contribution in [3.8, 4) is 0 Å². The molecule has 4 nitrogen and oxygen atoms in total. The minimum absolute atomic E-state index is 0.443. The lowest BCUT2D eigenvalue weighted by Gasteiger charge is -2.05. The first kappa shape index (κ1) is 16.0. The largest absolute Gasteiger partial charge is 0.349 e. The Bertz CT molecular complexity index is 895. The number of amides is 1. The van der Waals surface area contributed by atoms with E-state index in [0.717, 1.165) is 22.2 Å². The van der Waals surface area contributed by atoms with Gasteiger partial charge in [0.1, 0.15) is 0 Å². The van der Waals surface area contributed by atoms with E-state index in [1.807, 2.05) is 73.1 Å². The van der Waals surface area contributed by atoms with Crippen LogP contribution in [0.15, 0.2) is 54.6 Å². The van der Waals surface area contributed by atoms with Gasteiger partial charge in [-0.15, -0.1) is 0 Å². The molecule has 122 valence electrons. The van der Waals surface area contributed by atoms with Crippen LogP contribution in [0, 0.1) is 6.92 Å². The second-order valence-corrected chi connectivity index (χ2v) is 5.86. The van der Waals surface area contributed by atoms with Gasteiger partial charge in [0.15, 0.2) is 0 Å². The molecular formula is C20H20N2O2. The maximum absolute atomic E-state index is 12.6. The first-order valence-electron chi connectivity index (χ1n) is 8.00. The number of rotatable bonds is 5. The van der Waals surface area contributed by atoms with E-state index in [4.69, 9.17) is 0 Å². The molecule has 0 spiro atoms. The van der Waals surface area contributed by atoms with Gasteiger partial charge in [0, 0.05) is 30.2 Å². The molecule has 1 amide bonds.